The number of methoxy groups -OCH3 is 1. The highest BCUT2D eigenvalue weighted by Gasteiger charge is 2.35. The van der Waals surface area contributed by atoms with Crippen molar-refractivity contribution in [3.63, 3.8) is 0 Å². The van der Waals surface area contributed by atoms with Crippen molar-refractivity contribution >= 4 is 38.2 Å². The molecule has 32 heavy (non-hydrogen) atoms. The van der Waals surface area contributed by atoms with E-state index in [2.05, 4.69) is 5.32 Å². The van der Waals surface area contributed by atoms with E-state index in [9.17, 15) is 22.4 Å². The number of carbonyl (C=O) groups excluding carboxylic acids is 2. The lowest BCUT2D eigenvalue weighted by Gasteiger charge is -2.31. The highest BCUT2D eigenvalue weighted by Crippen LogP contribution is 2.39. The van der Waals surface area contributed by atoms with E-state index in [0.717, 1.165) is 48.3 Å². The van der Waals surface area contributed by atoms with Crippen LogP contribution < -0.4 is 5.32 Å². The number of esters is 1. The number of hydrogen-bond acceptors (Lipinski definition) is 6. The molecule has 1 atom stereocenters. The molecule has 10 heteroatoms. The van der Waals surface area contributed by atoms with Crippen LogP contribution in [0.15, 0.2) is 29.2 Å². The molecule has 1 aliphatic heterocycles. The molecule has 1 saturated heterocycles. The van der Waals surface area contributed by atoms with Crippen LogP contribution in [-0.4, -0.2) is 44.8 Å². The molecular weight excluding hydrogens is 455 g/mol. The molecule has 1 aliphatic carbocycles. The monoisotopic (exact) mass is 480 g/mol. The fraction of sp³-hybridized carbons (Fsp3) is 0.455. The number of benzene rings is 1. The maximum absolute atomic E-state index is 13.2. The molecule has 2 aromatic rings. The number of aryl methyl sites for hydroxylation is 1. The molecule has 0 saturated carbocycles. The molecule has 1 N–H and O–H groups in total. The Labute approximate surface area is 190 Å². The number of sulfonamides is 1. The standard InChI is InChI=1S/C22H25FN2O5S2/c1-30-22(27)19-17-6-2-3-7-18(17)31-21(19)24-20(26)14-5-4-12-25(13-14)32(28,29)16-10-8-15(23)9-11-16/h8-11,14H,2-7,12-13H2,1H3,(H,24,26)/t14-/m1/s1. The molecule has 0 spiro atoms. The van der Waals surface area contributed by atoms with Gasteiger partial charge in [-0.25, -0.2) is 17.6 Å². The second kappa shape index (κ2) is 9.29. The van der Waals surface area contributed by atoms with Gasteiger partial charge in [-0.3, -0.25) is 4.79 Å². The Kier molecular flexibility index (Phi) is 6.64. The predicted molar refractivity (Wildman–Crippen MR) is 119 cm³/mol. The second-order valence-corrected chi connectivity index (χ2v) is 11.1. The summed E-state index contributed by atoms with van der Waals surface area (Å²) in [6, 6.07) is 4.67. The number of fused-ring (bicyclic) bond motifs is 1. The van der Waals surface area contributed by atoms with Crippen LogP contribution in [0.2, 0.25) is 0 Å². The van der Waals surface area contributed by atoms with Gasteiger partial charge in [0, 0.05) is 18.0 Å². The van der Waals surface area contributed by atoms with Gasteiger partial charge in [-0.15, -0.1) is 11.3 Å². The minimum atomic E-state index is -3.83. The van der Waals surface area contributed by atoms with Crippen molar-refractivity contribution in [3.05, 3.63) is 46.1 Å². The zero-order valence-corrected chi connectivity index (χ0v) is 19.4. The first-order valence-corrected chi connectivity index (χ1v) is 12.9. The summed E-state index contributed by atoms with van der Waals surface area (Å²) >= 11 is 1.40. The summed E-state index contributed by atoms with van der Waals surface area (Å²) in [6.45, 7) is 0.328. The van der Waals surface area contributed by atoms with Gasteiger partial charge >= 0.3 is 5.97 Å². The lowest BCUT2D eigenvalue weighted by Crippen LogP contribution is -2.43. The molecule has 0 unspecified atom stereocenters. The molecule has 1 aromatic carbocycles. The number of anilines is 1. The lowest BCUT2D eigenvalue weighted by atomic mass is 9.95. The Balaban J connectivity index is 1.53. The van der Waals surface area contributed by atoms with Crippen LogP contribution in [0.3, 0.4) is 0 Å². The summed E-state index contributed by atoms with van der Waals surface area (Å²) in [6.07, 6.45) is 4.75. The fourth-order valence-electron chi connectivity index (χ4n) is 4.32. The number of carbonyl (C=O) groups is 2. The number of halogens is 1. The fourth-order valence-corrected chi connectivity index (χ4v) is 7.12. The zero-order valence-electron chi connectivity index (χ0n) is 17.7. The number of thiophene rings is 1. The third-order valence-corrected chi connectivity index (χ3v) is 9.09. The molecule has 172 valence electrons. The number of nitrogens with one attached hydrogen (secondary N) is 1. The number of nitrogens with zero attached hydrogens (tertiary/aromatic N) is 1. The largest absolute Gasteiger partial charge is 0.465 e. The molecule has 2 aliphatic rings. The summed E-state index contributed by atoms with van der Waals surface area (Å²) in [5.41, 5.74) is 1.37. The van der Waals surface area contributed by atoms with Crippen LogP contribution in [0.25, 0.3) is 0 Å². The first-order chi connectivity index (χ1) is 15.3. The third kappa shape index (κ3) is 4.44. The molecule has 2 heterocycles. The lowest BCUT2D eigenvalue weighted by molar-refractivity contribution is -0.120. The van der Waals surface area contributed by atoms with Crippen LogP contribution >= 0.6 is 11.3 Å². The molecule has 4 rings (SSSR count). The van der Waals surface area contributed by atoms with Crippen LogP contribution in [-0.2, 0) is 32.4 Å². The number of hydrogen-bond donors (Lipinski definition) is 1. The third-order valence-electron chi connectivity index (χ3n) is 6.00. The Bertz CT molecular complexity index is 1130. The van der Waals surface area contributed by atoms with E-state index in [1.165, 1.54) is 34.9 Å². The Morgan fingerprint density at radius 1 is 1.16 bits per heavy atom. The first kappa shape index (κ1) is 22.9. The summed E-state index contributed by atoms with van der Waals surface area (Å²) in [4.78, 5) is 26.6. The number of amides is 1. The Hall–Kier alpha value is -2.30. The van der Waals surface area contributed by atoms with Crippen molar-refractivity contribution < 1.29 is 27.1 Å². The van der Waals surface area contributed by atoms with Crippen molar-refractivity contribution in [2.75, 3.05) is 25.5 Å². The summed E-state index contributed by atoms with van der Waals surface area (Å²) in [5.74, 6) is -1.85. The number of piperidine rings is 1. The average molecular weight is 481 g/mol. The van der Waals surface area contributed by atoms with Gasteiger partial charge in [-0.2, -0.15) is 4.31 Å². The molecule has 1 amide bonds. The SMILES string of the molecule is COC(=O)c1c(NC(=O)[C@@H]2CCCN(S(=O)(=O)c3ccc(F)cc3)C2)sc2c1CCCC2. The Morgan fingerprint density at radius 2 is 1.88 bits per heavy atom. The molecule has 1 aromatic heterocycles. The van der Waals surface area contributed by atoms with Gasteiger partial charge < -0.3 is 10.1 Å². The maximum Gasteiger partial charge on any atom is 0.341 e. The molecule has 0 radical (unpaired) electrons. The van der Waals surface area contributed by atoms with Crippen LogP contribution in [0.4, 0.5) is 9.39 Å². The van der Waals surface area contributed by atoms with Gasteiger partial charge in [-0.1, -0.05) is 0 Å². The van der Waals surface area contributed by atoms with Crippen LogP contribution in [0, 0.1) is 11.7 Å². The van der Waals surface area contributed by atoms with Crippen molar-refractivity contribution in [1.29, 1.82) is 0 Å². The number of rotatable bonds is 5. The van der Waals surface area contributed by atoms with Crippen LogP contribution in [0.1, 0.15) is 46.5 Å². The van der Waals surface area contributed by atoms with Crippen LogP contribution in [0.5, 0.6) is 0 Å². The minimum Gasteiger partial charge on any atom is -0.465 e. The summed E-state index contributed by atoms with van der Waals surface area (Å²) in [7, 11) is -2.51. The summed E-state index contributed by atoms with van der Waals surface area (Å²) < 4.78 is 45.3. The predicted octanol–water partition coefficient (Wildman–Crippen LogP) is 3.59. The molecule has 0 bridgehead atoms. The molecular formula is C22H25FN2O5S2. The van der Waals surface area contributed by atoms with E-state index >= 15 is 0 Å². The van der Waals surface area contributed by atoms with E-state index in [4.69, 9.17) is 4.74 Å². The maximum atomic E-state index is 13.2. The molecule has 1 fully saturated rings. The van der Waals surface area contributed by atoms with Crippen molar-refractivity contribution in [3.8, 4) is 0 Å². The van der Waals surface area contributed by atoms with Gasteiger partial charge in [0.15, 0.2) is 0 Å². The Morgan fingerprint density at radius 3 is 2.59 bits per heavy atom. The highest BCUT2D eigenvalue weighted by molar-refractivity contribution is 7.89. The van der Waals surface area contributed by atoms with E-state index in [-0.39, 0.29) is 17.3 Å². The van der Waals surface area contributed by atoms with Crippen molar-refractivity contribution in [1.82, 2.24) is 4.31 Å². The second-order valence-electron chi connectivity index (χ2n) is 8.05. The van der Waals surface area contributed by atoms with Gasteiger partial charge in [-0.05, 0) is 68.4 Å². The smallest absolute Gasteiger partial charge is 0.341 e. The van der Waals surface area contributed by atoms with E-state index < -0.39 is 27.7 Å². The van der Waals surface area contributed by atoms with Gasteiger partial charge in [0.25, 0.3) is 0 Å². The average Bonchev–Trinajstić information content (AvgIpc) is 3.16. The first-order valence-electron chi connectivity index (χ1n) is 10.6. The van der Waals surface area contributed by atoms with E-state index in [1.54, 1.807) is 0 Å². The number of ether oxygens (including phenoxy) is 1. The van der Waals surface area contributed by atoms with Gasteiger partial charge in [0.1, 0.15) is 10.8 Å². The van der Waals surface area contributed by atoms with Crippen molar-refractivity contribution in [2.45, 2.75) is 43.4 Å². The summed E-state index contributed by atoms with van der Waals surface area (Å²) in [5, 5.41) is 3.36. The highest BCUT2D eigenvalue weighted by atomic mass is 32.2. The quantitative estimate of drug-likeness (QED) is 0.661. The van der Waals surface area contributed by atoms with Crippen molar-refractivity contribution in [2.24, 2.45) is 5.92 Å². The van der Waals surface area contributed by atoms with E-state index in [0.29, 0.717) is 30.0 Å². The normalized spacial score (nSPS) is 19.2. The van der Waals surface area contributed by atoms with Gasteiger partial charge in [0.2, 0.25) is 15.9 Å². The zero-order chi connectivity index (χ0) is 22.9. The van der Waals surface area contributed by atoms with Gasteiger partial charge in [0.05, 0.1) is 23.5 Å². The topological polar surface area (TPSA) is 92.8 Å². The van der Waals surface area contributed by atoms with E-state index in [1.807, 2.05) is 0 Å². The molecule has 7 nitrogen and oxygen atoms in total. The minimum absolute atomic E-state index is 0.00105.